The molecule has 1 aromatic heterocycles. The smallest absolute Gasteiger partial charge is 0.260 e. The number of nitriles is 1. The molecule has 1 aromatic carbocycles. The van der Waals surface area contributed by atoms with E-state index in [1.54, 1.807) is 12.1 Å². The second kappa shape index (κ2) is 7.67. The van der Waals surface area contributed by atoms with Gasteiger partial charge in [-0.3, -0.25) is 4.79 Å². The zero-order valence-corrected chi connectivity index (χ0v) is 15.8. The Bertz CT molecular complexity index is 883. The maximum Gasteiger partial charge on any atom is 0.260 e. The van der Waals surface area contributed by atoms with Gasteiger partial charge in [-0.25, -0.2) is 0 Å². The first-order chi connectivity index (χ1) is 12.6. The van der Waals surface area contributed by atoms with E-state index >= 15 is 0 Å². The van der Waals surface area contributed by atoms with Crippen LogP contribution >= 0.6 is 11.3 Å². The van der Waals surface area contributed by atoms with E-state index < -0.39 is 0 Å². The zero-order chi connectivity index (χ0) is 18.7. The number of hydrogen-bond donors (Lipinski definition) is 1. The maximum atomic E-state index is 12.9. The molecule has 0 spiro atoms. The van der Waals surface area contributed by atoms with Crippen LogP contribution in [0, 0.1) is 11.3 Å². The average molecular weight is 372 g/mol. The molecule has 0 unspecified atom stereocenters. The van der Waals surface area contributed by atoms with Gasteiger partial charge in [-0.2, -0.15) is 5.26 Å². The Morgan fingerprint density at radius 3 is 2.38 bits per heavy atom. The number of methoxy groups -OCH3 is 3. The first-order valence-electron chi connectivity index (χ1n) is 8.28. The number of amides is 1. The fourth-order valence-corrected chi connectivity index (χ4v) is 4.38. The summed E-state index contributed by atoms with van der Waals surface area (Å²) < 4.78 is 15.8. The van der Waals surface area contributed by atoms with Crippen molar-refractivity contribution in [1.82, 2.24) is 0 Å². The van der Waals surface area contributed by atoms with Crippen molar-refractivity contribution in [2.45, 2.75) is 25.7 Å². The summed E-state index contributed by atoms with van der Waals surface area (Å²) in [5.74, 6) is 0.938. The topological polar surface area (TPSA) is 80.6 Å². The van der Waals surface area contributed by atoms with Crippen LogP contribution < -0.4 is 19.5 Å². The van der Waals surface area contributed by atoms with Gasteiger partial charge in [0, 0.05) is 17.0 Å². The summed E-state index contributed by atoms with van der Waals surface area (Å²) in [7, 11) is 4.52. The molecule has 2 aromatic rings. The Hall–Kier alpha value is -2.72. The number of fused-ring (bicyclic) bond motifs is 1. The lowest BCUT2D eigenvalue weighted by atomic mass is 9.96. The Balaban J connectivity index is 1.96. The largest absolute Gasteiger partial charge is 0.496 e. The number of nitrogens with one attached hydrogen (secondary N) is 1. The molecule has 0 aliphatic heterocycles. The third-order valence-corrected chi connectivity index (χ3v) is 5.67. The lowest BCUT2D eigenvalue weighted by Gasteiger charge is -2.13. The number of aryl methyl sites for hydroxylation is 1. The van der Waals surface area contributed by atoms with Crippen LogP contribution in [-0.2, 0) is 12.8 Å². The molecule has 1 amide bonds. The van der Waals surface area contributed by atoms with Crippen LogP contribution in [0.5, 0.6) is 17.2 Å². The van der Waals surface area contributed by atoms with Gasteiger partial charge in [0.25, 0.3) is 5.91 Å². The van der Waals surface area contributed by atoms with E-state index in [1.807, 2.05) is 0 Å². The van der Waals surface area contributed by atoms with Crippen LogP contribution in [0.3, 0.4) is 0 Å². The predicted molar refractivity (Wildman–Crippen MR) is 99.7 cm³/mol. The van der Waals surface area contributed by atoms with Gasteiger partial charge >= 0.3 is 0 Å². The number of thiophene rings is 1. The van der Waals surface area contributed by atoms with Gasteiger partial charge in [-0.15, -0.1) is 11.3 Å². The average Bonchev–Trinajstić information content (AvgIpc) is 3.03. The second-order valence-electron chi connectivity index (χ2n) is 5.89. The van der Waals surface area contributed by atoms with Gasteiger partial charge in [0.2, 0.25) is 0 Å². The number of benzene rings is 1. The molecule has 1 aliphatic rings. The minimum Gasteiger partial charge on any atom is -0.496 e. The summed E-state index contributed by atoms with van der Waals surface area (Å²) >= 11 is 1.49. The number of nitrogens with zero attached hydrogens (tertiary/aromatic N) is 1. The highest BCUT2D eigenvalue weighted by Crippen LogP contribution is 2.39. The Morgan fingerprint density at radius 1 is 1.08 bits per heavy atom. The van der Waals surface area contributed by atoms with Crippen LogP contribution in [0.2, 0.25) is 0 Å². The quantitative estimate of drug-likeness (QED) is 0.864. The van der Waals surface area contributed by atoms with Crippen LogP contribution in [0.25, 0.3) is 0 Å². The fraction of sp³-hybridized carbons (Fsp3) is 0.368. The Labute approximate surface area is 156 Å². The molecular weight excluding hydrogens is 352 g/mol. The standard InChI is InChI=1S/C19H20N2O4S/c1-23-14-9-16(25-3)15(24-2)8-12(14)18(22)21-19-13(10-20)11-6-4-5-7-17(11)26-19/h8-9H,4-7H2,1-3H3,(H,21,22). The van der Waals surface area contributed by atoms with Gasteiger partial charge in [-0.1, -0.05) is 0 Å². The third-order valence-electron chi connectivity index (χ3n) is 4.46. The molecule has 6 nitrogen and oxygen atoms in total. The number of rotatable bonds is 5. The molecule has 0 saturated heterocycles. The van der Waals surface area contributed by atoms with Crippen molar-refractivity contribution in [2.75, 3.05) is 26.6 Å². The third kappa shape index (κ3) is 3.20. The van der Waals surface area contributed by atoms with Crippen molar-refractivity contribution >= 4 is 22.2 Å². The van der Waals surface area contributed by atoms with Crippen LogP contribution in [0.15, 0.2) is 12.1 Å². The molecule has 26 heavy (non-hydrogen) atoms. The summed E-state index contributed by atoms with van der Waals surface area (Å²) in [4.78, 5) is 14.0. The van der Waals surface area contributed by atoms with Gasteiger partial charge < -0.3 is 19.5 Å². The van der Waals surface area contributed by atoms with E-state index in [2.05, 4.69) is 11.4 Å². The molecule has 3 rings (SSSR count). The number of carbonyl (C=O) groups excluding carboxylic acids is 1. The Kier molecular flexibility index (Phi) is 5.33. The molecule has 0 fully saturated rings. The SMILES string of the molecule is COc1cc(OC)c(C(=O)Nc2sc3c(c2C#N)CCCC3)cc1OC. The molecule has 7 heteroatoms. The predicted octanol–water partition coefficient (Wildman–Crippen LogP) is 3.78. The number of carbonyl (C=O) groups is 1. The summed E-state index contributed by atoms with van der Waals surface area (Å²) in [5.41, 5.74) is 1.98. The van der Waals surface area contributed by atoms with Gasteiger partial charge in [0.05, 0.1) is 32.5 Å². The minimum absolute atomic E-state index is 0.320. The first kappa shape index (κ1) is 18.1. The summed E-state index contributed by atoms with van der Waals surface area (Å²) in [6, 6.07) is 5.44. The highest BCUT2D eigenvalue weighted by atomic mass is 32.1. The van der Waals surface area contributed by atoms with Crippen LogP contribution in [0.4, 0.5) is 5.00 Å². The zero-order valence-electron chi connectivity index (χ0n) is 15.0. The molecule has 0 saturated carbocycles. The number of hydrogen-bond acceptors (Lipinski definition) is 6. The van der Waals surface area contributed by atoms with Crippen molar-refractivity contribution in [2.24, 2.45) is 0 Å². The van der Waals surface area contributed by atoms with Crippen molar-refractivity contribution in [3.63, 3.8) is 0 Å². The van der Waals surface area contributed by atoms with E-state index in [-0.39, 0.29) is 5.91 Å². The van der Waals surface area contributed by atoms with Gasteiger partial charge in [0.1, 0.15) is 16.8 Å². The molecule has 0 radical (unpaired) electrons. The van der Waals surface area contributed by atoms with Crippen molar-refractivity contribution < 1.29 is 19.0 Å². The Morgan fingerprint density at radius 2 is 1.73 bits per heavy atom. The molecule has 0 bridgehead atoms. The van der Waals surface area contributed by atoms with Crippen LogP contribution in [-0.4, -0.2) is 27.2 Å². The van der Waals surface area contributed by atoms with Gasteiger partial charge in [-0.05, 0) is 31.2 Å². The molecule has 1 N–H and O–H groups in total. The van der Waals surface area contributed by atoms with Crippen LogP contribution in [0.1, 0.15) is 39.2 Å². The number of ether oxygens (including phenoxy) is 3. The van der Waals surface area contributed by atoms with E-state index in [0.717, 1.165) is 31.2 Å². The van der Waals surface area contributed by atoms with E-state index in [0.29, 0.717) is 33.4 Å². The highest BCUT2D eigenvalue weighted by molar-refractivity contribution is 7.16. The normalized spacial score (nSPS) is 12.7. The molecule has 136 valence electrons. The first-order valence-corrected chi connectivity index (χ1v) is 9.10. The second-order valence-corrected chi connectivity index (χ2v) is 6.99. The van der Waals surface area contributed by atoms with E-state index in [9.17, 15) is 10.1 Å². The summed E-state index contributed by atoms with van der Waals surface area (Å²) in [6.45, 7) is 0. The minimum atomic E-state index is -0.349. The lowest BCUT2D eigenvalue weighted by Crippen LogP contribution is -2.13. The molecule has 0 atom stereocenters. The molecule has 1 aliphatic carbocycles. The lowest BCUT2D eigenvalue weighted by molar-refractivity contribution is 0.102. The van der Waals surface area contributed by atoms with Crippen molar-refractivity contribution in [1.29, 1.82) is 5.26 Å². The molecule has 1 heterocycles. The van der Waals surface area contributed by atoms with E-state index in [1.165, 1.54) is 37.5 Å². The fourth-order valence-electron chi connectivity index (χ4n) is 3.15. The molecular formula is C19H20N2O4S. The summed E-state index contributed by atoms with van der Waals surface area (Å²) in [6.07, 6.45) is 4.05. The number of anilines is 1. The van der Waals surface area contributed by atoms with E-state index in [4.69, 9.17) is 14.2 Å². The summed E-state index contributed by atoms with van der Waals surface area (Å²) in [5, 5.41) is 13.0. The van der Waals surface area contributed by atoms with Crippen molar-refractivity contribution in [3.05, 3.63) is 33.7 Å². The highest BCUT2D eigenvalue weighted by Gasteiger charge is 2.24. The van der Waals surface area contributed by atoms with Gasteiger partial charge in [0.15, 0.2) is 11.5 Å². The monoisotopic (exact) mass is 372 g/mol. The maximum absolute atomic E-state index is 12.9. The van der Waals surface area contributed by atoms with Crippen molar-refractivity contribution in [3.8, 4) is 23.3 Å².